The summed E-state index contributed by atoms with van der Waals surface area (Å²) in [5, 5.41) is 12.1. The summed E-state index contributed by atoms with van der Waals surface area (Å²) in [6.07, 6.45) is 3.99. The van der Waals surface area contributed by atoms with Crippen LogP contribution in [0, 0.1) is 0 Å². The zero-order valence-corrected chi connectivity index (χ0v) is 11.6. The van der Waals surface area contributed by atoms with Gasteiger partial charge in [0.2, 0.25) is 0 Å². The van der Waals surface area contributed by atoms with E-state index in [2.05, 4.69) is 6.92 Å². The molecule has 18 heavy (non-hydrogen) atoms. The van der Waals surface area contributed by atoms with Crippen molar-refractivity contribution in [2.75, 3.05) is 0 Å². The Morgan fingerprint density at radius 1 is 1.28 bits per heavy atom. The van der Waals surface area contributed by atoms with Crippen LogP contribution >= 0.6 is 11.6 Å². The third-order valence-electron chi connectivity index (χ3n) is 3.28. The van der Waals surface area contributed by atoms with E-state index in [-0.39, 0.29) is 0 Å². The SMILES string of the molecule is CCCCCC(C)(O)c1cc2cc(Cl)ccc2o1. The zero-order valence-electron chi connectivity index (χ0n) is 10.9. The predicted molar refractivity (Wildman–Crippen MR) is 74.9 cm³/mol. The monoisotopic (exact) mass is 266 g/mol. The molecular formula is C15H19ClO2. The van der Waals surface area contributed by atoms with Gasteiger partial charge in [-0.05, 0) is 37.6 Å². The number of unbranched alkanes of at least 4 members (excludes halogenated alkanes) is 2. The molecule has 1 aromatic heterocycles. The highest BCUT2D eigenvalue weighted by Crippen LogP contribution is 2.32. The molecule has 0 amide bonds. The van der Waals surface area contributed by atoms with E-state index >= 15 is 0 Å². The highest BCUT2D eigenvalue weighted by molar-refractivity contribution is 6.31. The molecule has 0 bridgehead atoms. The second kappa shape index (κ2) is 5.33. The summed E-state index contributed by atoms with van der Waals surface area (Å²) in [5.41, 5.74) is -0.133. The first-order chi connectivity index (χ1) is 8.53. The van der Waals surface area contributed by atoms with Gasteiger partial charge in [0.25, 0.3) is 0 Å². The van der Waals surface area contributed by atoms with Gasteiger partial charge in [0.05, 0.1) is 0 Å². The predicted octanol–water partition coefficient (Wildman–Crippen LogP) is 4.87. The lowest BCUT2D eigenvalue weighted by Gasteiger charge is -2.20. The molecule has 1 N–H and O–H groups in total. The summed E-state index contributed by atoms with van der Waals surface area (Å²) in [4.78, 5) is 0. The van der Waals surface area contributed by atoms with E-state index < -0.39 is 5.60 Å². The molecule has 2 rings (SSSR count). The van der Waals surface area contributed by atoms with Crippen LogP contribution in [0.4, 0.5) is 0 Å². The number of fused-ring (bicyclic) bond motifs is 1. The molecule has 2 aromatic rings. The maximum atomic E-state index is 10.5. The Bertz CT molecular complexity index is 528. The second-order valence-electron chi connectivity index (χ2n) is 5.02. The Kier molecular flexibility index (Phi) is 3.98. The summed E-state index contributed by atoms with van der Waals surface area (Å²) in [6, 6.07) is 7.37. The van der Waals surface area contributed by atoms with E-state index in [9.17, 15) is 5.11 Å². The van der Waals surface area contributed by atoms with Crippen LogP contribution in [-0.4, -0.2) is 5.11 Å². The van der Waals surface area contributed by atoms with Crippen molar-refractivity contribution in [2.45, 2.75) is 45.1 Å². The van der Waals surface area contributed by atoms with Crippen LogP contribution in [0.1, 0.15) is 45.3 Å². The van der Waals surface area contributed by atoms with E-state index in [0.717, 1.165) is 30.2 Å². The Hall–Kier alpha value is -0.990. The standard InChI is InChI=1S/C15H19ClO2/c1-3-4-5-8-15(2,17)14-10-11-9-12(16)6-7-13(11)18-14/h6-7,9-10,17H,3-5,8H2,1-2H3. The van der Waals surface area contributed by atoms with E-state index in [1.54, 1.807) is 6.07 Å². The lowest BCUT2D eigenvalue weighted by atomic mass is 9.95. The minimum absolute atomic E-state index is 0.621. The molecule has 2 nitrogen and oxygen atoms in total. The van der Waals surface area contributed by atoms with Crippen molar-refractivity contribution < 1.29 is 9.52 Å². The molecule has 0 aliphatic carbocycles. The maximum absolute atomic E-state index is 10.5. The molecule has 0 aliphatic heterocycles. The number of halogens is 1. The fraction of sp³-hybridized carbons (Fsp3) is 0.467. The quantitative estimate of drug-likeness (QED) is 0.783. The summed E-state index contributed by atoms with van der Waals surface area (Å²) >= 11 is 5.94. The summed E-state index contributed by atoms with van der Waals surface area (Å²) in [6.45, 7) is 3.96. The molecule has 1 heterocycles. The average molecular weight is 267 g/mol. The van der Waals surface area contributed by atoms with Crippen molar-refractivity contribution >= 4 is 22.6 Å². The topological polar surface area (TPSA) is 33.4 Å². The smallest absolute Gasteiger partial charge is 0.136 e. The molecule has 0 saturated heterocycles. The summed E-state index contributed by atoms with van der Waals surface area (Å²) < 4.78 is 5.71. The van der Waals surface area contributed by atoms with Gasteiger partial charge >= 0.3 is 0 Å². The largest absolute Gasteiger partial charge is 0.458 e. The molecule has 98 valence electrons. The molecule has 0 radical (unpaired) electrons. The van der Waals surface area contributed by atoms with Crippen molar-refractivity contribution in [2.24, 2.45) is 0 Å². The van der Waals surface area contributed by atoms with Crippen molar-refractivity contribution in [1.82, 2.24) is 0 Å². The van der Waals surface area contributed by atoms with Crippen LogP contribution in [0.5, 0.6) is 0 Å². The Balaban J connectivity index is 2.24. The van der Waals surface area contributed by atoms with E-state index in [4.69, 9.17) is 16.0 Å². The minimum atomic E-state index is -0.902. The Labute approximate surface area is 113 Å². The molecule has 0 aliphatic rings. The van der Waals surface area contributed by atoms with E-state index in [1.165, 1.54) is 0 Å². The van der Waals surface area contributed by atoms with Crippen molar-refractivity contribution in [3.63, 3.8) is 0 Å². The zero-order chi connectivity index (χ0) is 13.2. The summed E-state index contributed by atoms with van der Waals surface area (Å²) in [7, 11) is 0. The first-order valence-electron chi connectivity index (χ1n) is 6.45. The molecule has 0 spiro atoms. The lowest BCUT2D eigenvalue weighted by Crippen LogP contribution is -2.19. The van der Waals surface area contributed by atoms with Gasteiger partial charge < -0.3 is 9.52 Å². The fourth-order valence-corrected chi connectivity index (χ4v) is 2.30. The molecule has 0 saturated carbocycles. The second-order valence-corrected chi connectivity index (χ2v) is 5.46. The molecule has 1 unspecified atom stereocenters. The first-order valence-corrected chi connectivity index (χ1v) is 6.82. The van der Waals surface area contributed by atoms with Crippen molar-refractivity contribution in [3.8, 4) is 0 Å². The van der Waals surface area contributed by atoms with E-state index in [0.29, 0.717) is 17.2 Å². The fourth-order valence-electron chi connectivity index (χ4n) is 2.12. The lowest BCUT2D eigenvalue weighted by molar-refractivity contribution is 0.0243. The maximum Gasteiger partial charge on any atom is 0.136 e. The number of furan rings is 1. The van der Waals surface area contributed by atoms with Crippen LogP contribution in [0.2, 0.25) is 5.02 Å². The molecule has 1 aromatic carbocycles. The van der Waals surface area contributed by atoms with Crippen LogP contribution in [0.3, 0.4) is 0 Å². The normalized spacial score (nSPS) is 14.9. The van der Waals surface area contributed by atoms with Crippen LogP contribution in [0.15, 0.2) is 28.7 Å². The average Bonchev–Trinajstić information content (AvgIpc) is 2.72. The number of rotatable bonds is 5. The third-order valence-corrected chi connectivity index (χ3v) is 3.51. The van der Waals surface area contributed by atoms with Gasteiger partial charge in [-0.3, -0.25) is 0 Å². The first kappa shape index (κ1) is 13.4. The van der Waals surface area contributed by atoms with Crippen molar-refractivity contribution in [1.29, 1.82) is 0 Å². The number of hydrogen-bond acceptors (Lipinski definition) is 2. The van der Waals surface area contributed by atoms with Gasteiger partial charge in [-0.15, -0.1) is 0 Å². The van der Waals surface area contributed by atoms with Gasteiger partial charge in [-0.2, -0.15) is 0 Å². The number of aliphatic hydroxyl groups is 1. The highest BCUT2D eigenvalue weighted by Gasteiger charge is 2.26. The molecule has 0 fully saturated rings. The van der Waals surface area contributed by atoms with Crippen LogP contribution in [0.25, 0.3) is 11.0 Å². The van der Waals surface area contributed by atoms with Gasteiger partial charge in [0.15, 0.2) is 0 Å². The third kappa shape index (κ3) is 2.88. The van der Waals surface area contributed by atoms with Crippen LogP contribution < -0.4 is 0 Å². The Morgan fingerprint density at radius 3 is 2.78 bits per heavy atom. The number of hydrogen-bond donors (Lipinski definition) is 1. The highest BCUT2D eigenvalue weighted by atomic mass is 35.5. The molecular weight excluding hydrogens is 248 g/mol. The van der Waals surface area contributed by atoms with Gasteiger partial charge in [0, 0.05) is 10.4 Å². The molecule has 3 heteroatoms. The van der Waals surface area contributed by atoms with E-state index in [1.807, 2.05) is 25.1 Å². The van der Waals surface area contributed by atoms with Gasteiger partial charge in [-0.25, -0.2) is 0 Å². The van der Waals surface area contributed by atoms with Gasteiger partial charge in [0.1, 0.15) is 16.9 Å². The minimum Gasteiger partial charge on any atom is -0.458 e. The Morgan fingerprint density at radius 2 is 2.06 bits per heavy atom. The van der Waals surface area contributed by atoms with Gasteiger partial charge in [-0.1, -0.05) is 37.8 Å². The summed E-state index contributed by atoms with van der Waals surface area (Å²) in [5.74, 6) is 0.621. The number of benzene rings is 1. The van der Waals surface area contributed by atoms with Crippen LogP contribution in [-0.2, 0) is 5.60 Å². The molecule has 1 atom stereocenters. The van der Waals surface area contributed by atoms with Crippen molar-refractivity contribution in [3.05, 3.63) is 35.0 Å².